The number of hydrogen-bond donors (Lipinski definition) is 1. The Kier molecular flexibility index (Phi) is 3.49. The third-order valence-electron chi connectivity index (χ3n) is 7.73. The first-order valence-corrected chi connectivity index (χ1v) is 9.48. The number of fused-ring (bicyclic) bond motifs is 5. The second kappa shape index (κ2) is 5.06. The number of carbonyl (C=O) groups is 2. The molecule has 1 unspecified atom stereocenters. The Hall–Kier alpha value is -0.900. The fourth-order valence-corrected chi connectivity index (χ4v) is 6.99. The maximum Gasteiger partial charge on any atom is 0.173 e. The van der Waals surface area contributed by atoms with Gasteiger partial charge in [-0.15, -0.1) is 12.6 Å². The Balaban J connectivity index is 1.79. The standard InChI is InChI=1S/C20H25FO2S/c1-10-8-11-12(19(2)7-5-15(22)17(24)16(10)19)4-6-20(3)13(11)9-14(21)18(20)23/h11-14,24H,1,4-9H2,2-3H3/t11-,12-,13+,14?,19-,20+/m1/s1. The molecule has 3 saturated carbocycles. The molecule has 4 aliphatic rings. The van der Waals surface area contributed by atoms with Gasteiger partial charge in [-0.3, -0.25) is 9.59 Å². The van der Waals surface area contributed by atoms with Gasteiger partial charge in [-0.2, -0.15) is 0 Å². The summed E-state index contributed by atoms with van der Waals surface area (Å²) in [7, 11) is 0. The molecule has 4 aliphatic carbocycles. The fraction of sp³-hybridized carbons (Fsp3) is 0.700. The molecular formula is C20H25FO2S. The highest BCUT2D eigenvalue weighted by atomic mass is 32.1. The number of hydrogen-bond acceptors (Lipinski definition) is 3. The summed E-state index contributed by atoms with van der Waals surface area (Å²) in [6.45, 7) is 8.47. The number of carbonyl (C=O) groups excluding carboxylic acids is 2. The van der Waals surface area contributed by atoms with E-state index in [0.29, 0.717) is 29.6 Å². The van der Waals surface area contributed by atoms with Crippen LogP contribution in [-0.4, -0.2) is 17.7 Å². The van der Waals surface area contributed by atoms with Crippen LogP contribution >= 0.6 is 12.6 Å². The lowest BCUT2D eigenvalue weighted by Crippen LogP contribution is -2.51. The molecule has 4 heteroatoms. The van der Waals surface area contributed by atoms with Crippen molar-refractivity contribution in [3.8, 4) is 0 Å². The van der Waals surface area contributed by atoms with Crippen LogP contribution in [0.2, 0.25) is 0 Å². The van der Waals surface area contributed by atoms with Gasteiger partial charge in [0.05, 0.1) is 4.91 Å². The third-order valence-corrected chi connectivity index (χ3v) is 8.21. The summed E-state index contributed by atoms with van der Waals surface area (Å²) in [6.07, 6.45) is 2.88. The molecule has 0 amide bonds. The molecule has 0 aliphatic heterocycles. The summed E-state index contributed by atoms with van der Waals surface area (Å²) < 4.78 is 14.2. The maximum atomic E-state index is 14.2. The first-order chi connectivity index (χ1) is 11.2. The van der Waals surface area contributed by atoms with E-state index < -0.39 is 11.6 Å². The summed E-state index contributed by atoms with van der Waals surface area (Å²) in [5.41, 5.74) is 1.42. The topological polar surface area (TPSA) is 34.1 Å². The average molecular weight is 348 g/mol. The number of allylic oxidation sites excluding steroid dienone is 2. The molecule has 24 heavy (non-hydrogen) atoms. The van der Waals surface area contributed by atoms with Crippen LogP contribution in [0.1, 0.15) is 52.4 Å². The van der Waals surface area contributed by atoms with E-state index in [0.717, 1.165) is 36.8 Å². The van der Waals surface area contributed by atoms with Crippen molar-refractivity contribution in [1.29, 1.82) is 0 Å². The molecule has 2 nitrogen and oxygen atoms in total. The van der Waals surface area contributed by atoms with Crippen molar-refractivity contribution in [3.05, 3.63) is 22.6 Å². The van der Waals surface area contributed by atoms with E-state index in [1.54, 1.807) is 0 Å². The molecule has 6 atom stereocenters. The van der Waals surface area contributed by atoms with Crippen LogP contribution in [0.5, 0.6) is 0 Å². The maximum absolute atomic E-state index is 14.2. The molecule has 130 valence electrons. The monoisotopic (exact) mass is 348 g/mol. The van der Waals surface area contributed by atoms with E-state index in [2.05, 4.69) is 26.1 Å². The van der Waals surface area contributed by atoms with Crippen LogP contribution in [0, 0.1) is 28.6 Å². The largest absolute Gasteiger partial charge is 0.296 e. The second-order valence-corrected chi connectivity index (χ2v) is 9.22. The molecule has 0 radical (unpaired) electrons. The molecule has 0 bridgehead atoms. The van der Waals surface area contributed by atoms with Gasteiger partial charge in [0, 0.05) is 11.8 Å². The van der Waals surface area contributed by atoms with Crippen molar-refractivity contribution >= 4 is 24.2 Å². The smallest absolute Gasteiger partial charge is 0.173 e. The van der Waals surface area contributed by atoms with Crippen molar-refractivity contribution in [1.82, 2.24) is 0 Å². The molecule has 0 saturated heterocycles. The number of ketones is 2. The highest BCUT2D eigenvalue weighted by molar-refractivity contribution is 7.85. The van der Waals surface area contributed by atoms with E-state index in [-0.39, 0.29) is 22.9 Å². The Labute approximate surface area is 148 Å². The molecule has 0 spiro atoms. The predicted octanol–water partition coefficient (Wildman–Crippen LogP) is 4.46. The van der Waals surface area contributed by atoms with Gasteiger partial charge in [-0.25, -0.2) is 4.39 Å². The molecule has 0 aromatic heterocycles. The molecule has 0 aromatic rings. The lowest BCUT2D eigenvalue weighted by molar-refractivity contribution is -0.134. The minimum absolute atomic E-state index is 0.106. The minimum Gasteiger partial charge on any atom is -0.296 e. The molecule has 3 fully saturated rings. The lowest BCUT2D eigenvalue weighted by Gasteiger charge is -2.57. The van der Waals surface area contributed by atoms with E-state index in [9.17, 15) is 14.0 Å². The van der Waals surface area contributed by atoms with Gasteiger partial charge in [0.15, 0.2) is 17.7 Å². The van der Waals surface area contributed by atoms with Crippen molar-refractivity contribution in [3.63, 3.8) is 0 Å². The van der Waals surface area contributed by atoms with E-state index >= 15 is 0 Å². The Morgan fingerprint density at radius 3 is 2.58 bits per heavy atom. The zero-order valence-corrected chi connectivity index (χ0v) is 15.3. The first-order valence-electron chi connectivity index (χ1n) is 9.03. The summed E-state index contributed by atoms with van der Waals surface area (Å²) in [4.78, 5) is 25.1. The Morgan fingerprint density at radius 2 is 1.88 bits per heavy atom. The first kappa shape index (κ1) is 16.6. The van der Waals surface area contributed by atoms with Crippen LogP contribution < -0.4 is 0 Å². The van der Waals surface area contributed by atoms with Gasteiger partial charge >= 0.3 is 0 Å². The fourth-order valence-electron chi connectivity index (χ4n) is 6.47. The number of thiol groups is 1. The van der Waals surface area contributed by atoms with Crippen LogP contribution in [0.25, 0.3) is 0 Å². The van der Waals surface area contributed by atoms with E-state index in [4.69, 9.17) is 0 Å². The highest BCUT2D eigenvalue weighted by Crippen LogP contribution is 2.66. The van der Waals surface area contributed by atoms with E-state index in [1.807, 2.05) is 6.92 Å². The van der Waals surface area contributed by atoms with Crippen molar-refractivity contribution in [2.24, 2.45) is 28.6 Å². The van der Waals surface area contributed by atoms with Crippen LogP contribution in [-0.2, 0) is 9.59 Å². The van der Waals surface area contributed by atoms with Gasteiger partial charge in [0.1, 0.15) is 0 Å². The molecule has 0 heterocycles. The van der Waals surface area contributed by atoms with Crippen LogP contribution in [0.3, 0.4) is 0 Å². The van der Waals surface area contributed by atoms with Crippen molar-refractivity contribution in [2.45, 2.75) is 58.5 Å². The Morgan fingerprint density at radius 1 is 1.17 bits per heavy atom. The van der Waals surface area contributed by atoms with Gasteiger partial charge in [-0.1, -0.05) is 20.4 Å². The SMILES string of the molecule is C=C1C[C@@H]2[C@@H](CC[C@]3(C)C(=O)C(F)C[C@@H]23)[C@@]2(C)CCC(=O)C(S)=C12. The molecule has 0 N–H and O–H groups in total. The zero-order valence-electron chi connectivity index (χ0n) is 14.4. The van der Waals surface area contributed by atoms with Gasteiger partial charge in [-0.05, 0) is 66.4 Å². The number of alkyl halides is 1. The number of rotatable bonds is 0. The van der Waals surface area contributed by atoms with Gasteiger partial charge < -0.3 is 0 Å². The van der Waals surface area contributed by atoms with E-state index in [1.165, 1.54) is 0 Å². The summed E-state index contributed by atoms with van der Waals surface area (Å²) in [6, 6.07) is 0. The zero-order chi connectivity index (χ0) is 17.4. The normalized spacial score (nSPS) is 48.2. The minimum atomic E-state index is -1.30. The lowest BCUT2D eigenvalue weighted by atomic mass is 9.46. The van der Waals surface area contributed by atoms with Crippen LogP contribution in [0.4, 0.5) is 4.39 Å². The quantitative estimate of drug-likeness (QED) is 0.656. The highest BCUT2D eigenvalue weighted by Gasteiger charge is 2.62. The summed E-state index contributed by atoms with van der Waals surface area (Å²) in [5.74, 6) is 0.728. The van der Waals surface area contributed by atoms with Crippen LogP contribution in [0.15, 0.2) is 22.6 Å². The van der Waals surface area contributed by atoms with Gasteiger partial charge in [0.2, 0.25) is 0 Å². The molecular weight excluding hydrogens is 323 g/mol. The average Bonchev–Trinajstić information content (AvgIpc) is 2.75. The Bertz CT molecular complexity index is 696. The third kappa shape index (κ3) is 1.89. The summed E-state index contributed by atoms with van der Waals surface area (Å²) in [5, 5.41) is 0. The van der Waals surface area contributed by atoms with Crippen molar-refractivity contribution in [2.75, 3.05) is 0 Å². The summed E-state index contributed by atoms with van der Waals surface area (Å²) >= 11 is 4.52. The number of Topliss-reactive ketones (excluding diaryl/α,β-unsaturated/α-hetero) is 2. The number of halogens is 1. The second-order valence-electron chi connectivity index (χ2n) is 8.77. The molecule has 4 rings (SSSR count). The van der Waals surface area contributed by atoms with Gasteiger partial charge in [0.25, 0.3) is 0 Å². The predicted molar refractivity (Wildman–Crippen MR) is 94.4 cm³/mol. The van der Waals surface area contributed by atoms with Crippen molar-refractivity contribution < 1.29 is 14.0 Å². The molecule has 0 aromatic carbocycles.